The molecule has 0 bridgehead atoms. The van der Waals surface area contributed by atoms with Crippen LogP contribution in [0.3, 0.4) is 0 Å². The Morgan fingerprint density at radius 1 is 1.40 bits per heavy atom. The molecular formula is C10H20N2O3. The number of likely N-dealkylation sites (N-methyl/N-ethyl adjacent to an activating group) is 1. The molecule has 0 spiro atoms. The Morgan fingerprint density at radius 2 is 1.93 bits per heavy atom. The third kappa shape index (κ3) is 5.37. The molecule has 0 rings (SSSR count). The van der Waals surface area contributed by atoms with Gasteiger partial charge in [0.2, 0.25) is 5.91 Å². The van der Waals surface area contributed by atoms with Crippen LogP contribution >= 0.6 is 0 Å². The topological polar surface area (TPSA) is 69.6 Å². The van der Waals surface area contributed by atoms with E-state index in [1.54, 1.807) is 14.0 Å². The van der Waals surface area contributed by atoms with Crippen LogP contribution in [0.1, 0.15) is 27.2 Å². The summed E-state index contributed by atoms with van der Waals surface area (Å²) < 4.78 is 0. The first-order valence-electron chi connectivity index (χ1n) is 5.10. The third-order valence-corrected chi connectivity index (χ3v) is 2.43. The van der Waals surface area contributed by atoms with E-state index in [2.05, 4.69) is 5.32 Å². The number of nitrogens with zero attached hydrogens (tertiary/aromatic N) is 1. The van der Waals surface area contributed by atoms with Crippen molar-refractivity contribution in [3.05, 3.63) is 0 Å². The highest BCUT2D eigenvalue weighted by molar-refractivity contribution is 5.79. The van der Waals surface area contributed by atoms with E-state index in [4.69, 9.17) is 5.11 Å². The second-order valence-corrected chi connectivity index (χ2v) is 3.81. The molecule has 0 fully saturated rings. The van der Waals surface area contributed by atoms with Crippen LogP contribution in [-0.2, 0) is 9.59 Å². The van der Waals surface area contributed by atoms with E-state index in [-0.39, 0.29) is 18.5 Å². The molecule has 1 amide bonds. The van der Waals surface area contributed by atoms with Gasteiger partial charge in [0.1, 0.15) is 6.04 Å². The van der Waals surface area contributed by atoms with Crippen molar-refractivity contribution >= 4 is 11.9 Å². The number of nitrogens with one attached hydrogen (secondary N) is 1. The number of aliphatic carboxylic acids is 1. The summed E-state index contributed by atoms with van der Waals surface area (Å²) >= 11 is 0. The number of carboxylic acids is 1. The van der Waals surface area contributed by atoms with Crippen LogP contribution in [0.15, 0.2) is 0 Å². The molecule has 0 saturated heterocycles. The van der Waals surface area contributed by atoms with E-state index in [9.17, 15) is 9.59 Å². The van der Waals surface area contributed by atoms with Gasteiger partial charge in [-0.05, 0) is 27.3 Å². The highest BCUT2D eigenvalue weighted by atomic mass is 16.4. The van der Waals surface area contributed by atoms with Gasteiger partial charge in [-0.1, -0.05) is 6.92 Å². The molecule has 0 saturated carbocycles. The molecule has 2 unspecified atom stereocenters. The zero-order chi connectivity index (χ0) is 12.0. The standard InChI is InChI=1S/C10H20N2O3/c1-5-7(2)11-9(13)6-12(4)8(3)10(14)15/h7-8H,5-6H2,1-4H3,(H,11,13)(H,14,15). The summed E-state index contributed by atoms with van der Waals surface area (Å²) in [7, 11) is 1.62. The Kier molecular flexibility index (Phi) is 5.93. The van der Waals surface area contributed by atoms with Crippen molar-refractivity contribution < 1.29 is 14.7 Å². The van der Waals surface area contributed by atoms with Crippen LogP contribution in [0.2, 0.25) is 0 Å². The normalized spacial score (nSPS) is 14.7. The van der Waals surface area contributed by atoms with E-state index >= 15 is 0 Å². The molecule has 2 N–H and O–H groups in total. The number of carboxylic acid groups (broad SMARTS) is 1. The molecule has 0 aliphatic rings. The van der Waals surface area contributed by atoms with Gasteiger partial charge in [-0.25, -0.2) is 0 Å². The summed E-state index contributed by atoms with van der Waals surface area (Å²) in [5.41, 5.74) is 0. The van der Waals surface area contributed by atoms with E-state index in [1.807, 2.05) is 13.8 Å². The van der Waals surface area contributed by atoms with Gasteiger partial charge in [0.05, 0.1) is 6.54 Å². The number of carbonyl (C=O) groups excluding carboxylic acids is 1. The Morgan fingerprint density at radius 3 is 2.33 bits per heavy atom. The van der Waals surface area contributed by atoms with Crippen molar-refractivity contribution in [3.8, 4) is 0 Å². The van der Waals surface area contributed by atoms with Crippen molar-refractivity contribution in [1.29, 1.82) is 0 Å². The molecule has 0 aromatic carbocycles. The average Bonchev–Trinajstić information content (AvgIpc) is 2.15. The molecule has 88 valence electrons. The minimum Gasteiger partial charge on any atom is -0.480 e. The van der Waals surface area contributed by atoms with Crippen molar-refractivity contribution in [3.63, 3.8) is 0 Å². The zero-order valence-electron chi connectivity index (χ0n) is 9.78. The first-order chi connectivity index (χ1) is 6.88. The Balaban J connectivity index is 4.01. The summed E-state index contributed by atoms with van der Waals surface area (Å²) in [4.78, 5) is 23.5. The molecule has 2 atom stereocenters. The van der Waals surface area contributed by atoms with Crippen molar-refractivity contribution in [2.75, 3.05) is 13.6 Å². The summed E-state index contributed by atoms with van der Waals surface area (Å²) in [5.74, 6) is -1.06. The van der Waals surface area contributed by atoms with Gasteiger partial charge < -0.3 is 10.4 Å². The molecule has 15 heavy (non-hydrogen) atoms. The first-order valence-corrected chi connectivity index (χ1v) is 5.10. The lowest BCUT2D eigenvalue weighted by atomic mass is 10.2. The summed E-state index contributed by atoms with van der Waals surface area (Å²) in [6, 6.07) is -0.515. The lowest BCUT2D eigenvalue weighted by molar-refractivity contribution is -0.142. The van der Waals surface area contributed by atoms with Crippen LogP contribution in [0.25, 0.3) is 0 Å². The molecule has 5 heteroatoms. The SMILES string of the molecule is CCC(C)NC(=O)CN(C)C(C)C(=O)O. The zero-order valence-corrected chi connectivity index (χ0v) is 9.78. The van der Waals surface area contributed by atoms with Gasteiger partial charge in [-0.2, -0.15) is 0 Å². The number of rotatable bonds is 6. The van der Waals surface area contributed by atoms with Crippen molar-refractivity contribution in [1.82, 2.24) is 10.2 Å². The number of amides is 1. The summed E-state index contributed by atoms with van der Waals surface area (Å²) in [6.07, 6.45) is 0.865. The van der Waals surface area contributed by atoms with Crippen LogP contribution in [0.5, 0.6) is 0 Å². The Labute approximate surface area is 90.5 Å². The quantitative estimate of drug-likeness (QED) is 0.670. The largest absolute Gasteiger partial charge is 0.480 e. The lowest BCUT2D eigenvalue weighted by Crippen LogP contribution is -2.44. The maximum atomic E-state index is 11.4. The molecule has 0 aromatic heterocycles. The van der Waals surface area contributed by atoms with Gasteiger partial charge in [0, 0.05) is 6.04 Å². The molecule has 0 radical (unpaired) electrons. The molecule has 0 aliphatic carbocycles. The Bertz CT molecular complexity index is 231. The summed E-state index contributed by atoms with van der Waals surface area (Å²) in [5, 5.41) is 11.5. The first kappa shape index (κ1) is 13.9. The predicted octanol–water partition coefficient (Wildman–Crippen LogP) is 0.306. The minimum atomic E-state index is -0.922. The third-order valence-electron chi connectivity index (χ3n) is 2.43. The number of carbonyl (C=O) groups is 2. The number of hydrogen-bond donors (Lipinski definition) is 2. The average molecular weight is 216 g/mol. The van der Waals surface area contributed by atoms with Gasteiger partial charge in [-0.3, -0.25) is 14.5 Å². The van der Waals surface area contributed by atoms with E-state index < -0.39 is 12.0 Å². The van der Waals surface area contributed by atoms with Crippen LogP contribution in [0.4, 0.5) is 0 Å². The van der Waals surface area contributed by atoms with Gasteiger partial charge in [0.15, 0.2) is 0 Å². The van der Waals surface area contributed by atoms with E-state index in [1.165, 1.54) is 4.90 Å². The van der Waals surface area contributed by atoms with Gasteiger partial charge >= 0.3 is 5.97 Å². The molecule has 0 aromatic rings. The molecule has 5 nitrogen and oxygen atoms in total. The van der Waals surface area contributed by atoms with E-state index in [0.717, 1.165) is 6.42 Å². The highest BCUT2D eigenvalue weighted by Crippen LogP contribution is 1.95. The molecule has 0 aliphatic heterocycles. The fourth-order valence-electron chi connectivity index (χ4n) is 0.975. The molecular weight excluding hydrogens is 196 g/mol. The van der Waals surface area contributed by atoms with Crippen LogP contribution in [-0.4, -0.2) is 47.6 Å². The highest BCUT2D eigenvalue weighted by Gasteiger charge is 2.19. The lowest BCUT2D eigenvalue weighted by Gasteiger charge is -2.21. The predicted molar refractivity (Wildman–Crippen MR) is 57.6 cm³/mol. The monoisotopic (exact) mass is 216 g/mol. The second kappa shape index (κ2) is 6.40. The van der Waals surface area contributed by atoms with Crippen molar-refractivity contribution in [2.24, 2.45) is 0 Å². The fourth-order valence-corrected chi connectivity index (χ4v) is 0.975. The maximum absolute atomic E-state index is 11.4. The maximum Gasteiger partial charge on any atom is 0.320 e. The van der Waals surface area contributed by atoms with Gasteiger partial charge in [-0.15, -0.1) is 0 Å². The molecule has 0 heterocycles. The number of hydrogen-bond acceptors (Lipinski definition) is 3. The van der Waals surface area contributed by atoms with Crippen LogP contribution < -0.4 is 5.32 Å². The Hall–Kier alpha value is -1.10. The van der Waals surface area contributed by atoms with E-state index in [0.29, 0.717) is 0 Å². The van der Waals surface area contributed by atoms with Gasteiger partial charge in [0.25, 0.3) is 0 Å². The van der Waals surface area contributed by atoms with Crippen LogP contribution in [0, 0.1) is 0 Å². The fraction of sp³-hybridized carbons (Fsp3) is 0.800. The smallest absolute Gasteiger partial charge is 0.320 e. The van der Waals surface area contributed by atoms with Crippen molar-refractivity contribution in [2.45, 2.75) is 39.3 Å². The summed E-state index contributed by atoms with van der Waals surface area (Å²) in [6.45, 7) is 5.56. The second-order valence-electron chi connectivity index (χ2n) is 3.81. The minimum absolute atomic E-state index is 0.109.